The number of nitrogens with one attached hydrogen (secondary N) is 1. The molecule has 6 heteroatoms. The summed E-state index contributed by atoms with van der Waals surface area (Å²) in [6.07, 6.45) is 3.02. The van der Waals surface area contributed by atoms with Gasteiger partial charge in [0.15, 0.2) is 17.5 Å². The molecule has 1 heterocycles. The van der Waals surface area contributed by atoms with Crippen LogP contribution in [0.5, 0.6) is 5.75 Å². The van der Waals surface area contributed by atoms with Crippen molar-refractivity contribution in [1.82, 2.24) is 4.98 Å². The molecule has 5 nitrogen and oxygen atoms in total. The predicted molar refractivity (Wildman–Crippen MR) is 107 cm³/mol. The van der Waals surface area contributed by atoms with Crippen molar-refractivity contribution in [2.24, 2.45) is 0 Å². The van der Waals surface area contributed by atoms with Crippen LogP contribution in [0.2, 0.25) is 0 Å². The minimum Gasteiger partial charge on any atom is -0.484 e. The summed E-state index contributed by atoms with van der Waals surface area (Å²) in [6, 6.07) is 16.9. The average Bonchev–Trinajstić information content (AvgIpc) is 3.13. The zero-order valence-corrected chi connectivity index (χ0v) is 15.8. The van der Waals surface area contributed by atoms with Gasteiger partial charge >= 0.3 is 0 Å². The number of hydrogen-bond donors (Lipinski definition) is 1. The Labute approximate surface area is 162 Å². The number of hydrogen-bond acceptors (Lipinski definition) is 5. The lowest BCUT2D eigenvalue weighted by Crippen LogP contribution is -2.20. The van der Waals surface area contributed by atoms with Gasteiger partial charge in [0.05, 0.1) is 0 Å². The van der Waals surface area contributed by atoms with Gasteiger partial charge in [-0.2, -0.15) is 0 Å². The highest BCUT2D eigenvalue weighted by molar-refractivity contribution is 7.15. The summed E-state index contributed by atoms with van der Waals surface area (Å²) in [5.74, 6) is 0.348. The van der Waals surface area contributed by atoms with Crippen LogP contribution in [0.1, 0.15) is 34.1 Å². The average molecular weight is 380 g/mol. The quantitative estimate of drug-likeness (QED) is 0.590. The van der Waals surface area contributed by atoms with Crippen LogP contribution in [0.25, 0.3) is 0 Å². The number of ketones is 1. The smallest absolute Gasteiger partial charge is 0.264 e. The molecule has 0 bridgehead atoms. The molecule has 0 saturated heterocycles. The second-order valence-corrected chi connectivity index (χ2v) is 7.05. The zero-order chi connectivity index (χ0) is 19.1. The highest BCUT2D eigenvalue weighted by Gasteiger charge is 2.09. The van der Waals surface area contributed by atoms with Gasteiger partial charge in [0.1, 0.15) is 5.75 Å². The first-order chi connectivity index (χ1) is 13.1. The predicted octanol–water partition coefficient (Wildman–Crippen LogP) is 4.34. The number of aromatic nitrogens is 1. The topological polar surface area (TPSA) is 68.3 Å². The largest absolute Gasteiger partial charge is 0.484 e. The van der Waals surface area contributed by atoms with Crippen molar-refractivity contribution < 1.29 is 14.3 Å². The standard InChI is InChI=1S/C21H20N2O3S/c1-2-19(24)16-8-10-17(11-9-16)26-14-20(25)23-21-22-13-18(27-21)12-15-6-4-3-5-7-15/h3-11,13H,2,12,14H2,1H3,(H,22,23,25). The summed E-state index contributed by atoms with van der Waals surface area (Å²) in [4.78, 5) is 29.0. The van der Waals surface area contributed by atoms with Crippen LogP contribution in [0.3, 0.4) is 0 Å². The molecule has 27 heavy (non-hydrogen) atoms. The van der Waals surface area contributed by atoms with E-state index < -0.39 is 0 Å². The Morgan fingerprint density at radius 1 is 1.07 bits per heavy atom. The maximum Gasteiger partial charge on any atom is 0.264 e. The van der Waals surface area contributed by atoms with Gasteiger partial charge in [0, 0.05) is 29.5 Å². The Hall–Kier alpha value is -2.99. The van der Waals surface area contributed by atoms with Gasteiger partial charge in [-0.1, -0.05) is 37.3 Å². The molecule has 0 aliphatic carbocycles. The van der Waals surface area contributed by atoms with E-state index in [4.69, 9.17) is 4.74 Å². The number of carbonyl (C=O) groups excluding carboxylic acids is 2. The molecule has 0 fully saturated rings. The molecule has 3 rings (SSSR count). The Morgan fingerprint density at radius 2 is 1.81 bits per heavy atom. The number of rotatable bonds is 8. The summed E-state index contributed by atoms with van der Waals surface area (Å²) in [7, 11) is 0. The highest BCUT2D eigenvalue weighted by Crippen LogP contribution is 2.21. The number of Topliss-reactive ketones (excluding diaryl/α,β-unsaturated/α-hetero) is 1. The molecular weight excluding hydrogens is 360 g/mol. The van der Waals surface area contributed by atoms with Crippen LogP contribution in [0.15, 0.2) is 60.8 Å². The number of nitrogens with zero attached hydrogens (tertiary/aromatic N) is 1. The van der Waals surface area contributed by atoms with Crippen LogP contribution >= 0.6 is 11.3 Å². The van der Waals surface area contributed by atoms with Gasteiger partial charge in [-0.05, 0) is 29.8 Å². The fourth-order valence-electron chi connectivity index (χ4n) is 2.49. The minimum absolute atomic E-state index is 0.0781. The Bertz CT molecular complexity index is 905. The number of benzene rings is 2. The van der Waals surface area contributed by atoms with Crippen molar-refractivity contribution >= 4 is 28.2 Å². The normalized spacial score (nSPS) is 10.4. The van der Waals surface area contributed by atoms with Crippen molar-refractivity contribution in [2.75, 3.05) is 11.9 Å². The molecule has 0 spiro atoms. The van der Waals surface area contributed by atoms with E-state index in [1.807, 2.05) is 25.1 Å². The molecule has 1 amide bonds. The van der Waals surface area contributed by atoms with E-state index in [-0.39, 0.29) is 18.3 Å². The lowest BCUT2D eigenvalue weighted by atomic mass is 10.1. The summed E-state index contributed by atoms with van der Waals surface area (Å²) >= 11 is 1.45. The van der Waals surface area contributed by atoms with Crippen molar-refractivity contribution in [3.63, 3.8) is 0 Å². The van der Waals surface area contributed by atoms with Crippen molar-refractivity contribution in [3.05, 3.63) is 76.8 Å². The summed E-state index contributed by atoms with van der Waals surface area (Å²) in [5.41, 5.74) is 1.84. The van der Waals surface area contributed by atoms with E-state index in [2.05, 4.69) is 22.4 Å². The molecule has 2 aromatic carbocycles. The number of ether oxygens (including phenoxy) is 1. The summed E-state index contributed by atoms with van der Waals surface area (Å²) in [6.45, 7) is 1.70. The van der Waals surface area contributed by atoms with E-state index in [0.717, 1.165) is 11.3 Å². The third-order valence-electron chi connectivity index (χ3n) is 3.89. The first kappa shape index (κ1) is 18.8. The van der Waals surface area contributed by atoms with E-state index in [0.29, 0.717) is 22.9 Å². The molecule has 1 aromatic heterocycles. The van der Waals surface area contributed by atoms with Gasteiger partial charge < -0.3 is 4.74 Å². The third kappa shape index (κ3) is 5.49. The number of amides is 1. The summed E-state index contributed by atoms with van der Waals surface area (Å²) < 4.78 is 5.46. The van der Waals surface area contributed by atoms with Crippen molar-refractivity contribution in [2.45, 2.75) is 19.8 Å². The zero-order valence-electron chi connectivity index (χ0n) is 15.0. The molecule has 1 N–H and O–H groups in total. The maximum absolute atomic E-state index is 12.1. The first-order valence-electron chi connectivity index (χ1n) is 8.68. The molecule has 0 radical (unpaired) electrons. The SMILES string of the molecule is CCC(=O)c1ccc(OCC(=O)Nc2ncc(Cc3ccccc3)s2)cc1. The fraction of sp³-hybridized carbons (Fsp3) is 0.190. The van der Waals surface area contributed by atoms with Crippen molar-refractivity contribution in [3.8, 4) is 5.75 Å². The van der Waals surface area contributed by atoms with Gasteiger partial charge in [-0.3, -0.25) is 14.9 Å². The highest BCUT2D eigenvalue weighted by atomic mass is 32.1. The lowest BCUT2D eigenvalue weighted by molar-refractivity contribution is -0.118. The fourth-order valence-corrected chi connectivity index (χ4v) is 3.35. The Morgan fingerprint density at radius 3 is 2.52 bits per heavy atom. The lowest BCUT2D eigenvalue weighted by Gasteiger charge is -2.06. The van der Waals surface area contributed by atoms with Gasteiger partial charge in [-0.25, -0.2) is 4.98 Å². The molecule has 0 atom stereocenters. The second kappa shape index (κ2) is 9.09. The van der Waals surface area contributed by atoms with E-state index in [9.17, 15) is 9.59 Å². The van der Waals surface area contributed by atoms with Crippen LogP contribution in [0, 0.1) is 0 Å². The van der Waals surface area contributed by atoms with E-state index in [1.165, 1.54) is 16.9 Å². The molecule has 0 saturated carbocycles. The van der Waals surface area contributed by atoms with Crippen LogP contribution in [0.4, 0.5) is 5.13 Å². The van der Waals surface area contributed by atoms with E-state index >= 15 is 0 Å². The number of carbonyl (C=O) groups is 2. The molecular formula is C21H20N2O3S. The third-order valence-corrected chi connectivity index (χ3v) is 4.80. The minimum atomic E-state index is -0.274. The number of anilines is 1. The second-order valence-electron chi connectivity index (χ2n) is 5.93. The Kier molecular flexibility index (Phi) is 6.33. The van der Waals surface area contributed by atoms with Crippen LogP contribution < -0.4 is 10.1 Å². The van der Waals surface area contributed by atoms with Gasteiger partial charge in [-0.15, -0.1) is 11.3 Å². The van der Waals surface area contributed by atoms with Crippen molar-refractivity contribution in [1.29, 1.82) is 0 Å². The monoisotopic (exact) mass is 380 g/mol. The van der Waals surface area contributed by atoms with Gasteiger partial charge in [0.25, 0.3) is 5.91 Å². The van der Waals surface area contributed by atoms with Crippen LogP contribution in [-0.4, -0.2) is 23.3 Å². The van der Waals surface area contributed by atoms with E-state index in [1.54, 1.807) is 30.5 Å². The molecule has 0 unspecified atom stereocenters. The maximum atomic E-state index is 12.1. The molecule has 0 aliphatic heterocycles. The van der Waals surface area contributed by atoms with Gasteiger partial charge in [0.2, 0.25) is 0 Å². The molecule has 0 aliphatic rings. The first-order valence-corrected chi connectivity index (χ1v) is 9.50. The summed E-state index contributed by atoms with van der Waals surface area (Å²) in [5, 5.41) is 3.30. The molecule has 3 aromatic rings. The molecule has 138 valence electrons. The number of thiazole rings is 1. The van der Waals surface area contributed by atoms with Crippen LogP contribution in [-0.2, 0) is 11.2 Å². The Balaban J connectivity index is 1.49.